The highest BCUT2D eigenvalue weighted by Gasteiger charge is 2.11. The fraction of sp³-hybridized carbons (Fsp3) is 0.214. The minimum atomic E-state index is -0.459. The largest absolute Gasteiger partial charge is 0.374 e. The molecule has 0 saturated heterocycles. The molecule has 0 aliphatic rings. The summed E-state index contributed by atoms with van der Waals surface area (Å²) in [7, 11) is 1.93. The number of hydrogen-bond donors (Lipinski definition) is 1. The van der Waals surface area contributed by atoms with Crippen molar-refractivity contribution in [3.63, 3.8) is 0 Å². The Morgan fingerprint density at radius 1 is 1.21 bits per heavy atom. The van der Waals surface area contributed by atoms with E-state index in [9.17, 15) is 4.79 Å². The summed E-state index contributed by atoms with van der Waals surface area (Å²) in [4.78, 5) is 21.3. The molecule has 0 spiro atoms. The van der Waals surface area contributed by atoms with Crippen molar-refractivity contribution < 1.29 is 4.79 Å². The standard InChI is InChI=1S/C14H16N4O/c1-18(9-5-11-2-6-16-7-3-11)13-4-8-17-10-12(13)14(15)19/h2-4,6-8,10H,5,9H2,1H3,(H2,15,19). The number of rotatable bonds is 5. The van der Waals surface area contributed by atoms with Crippen LogP contribution in [0.2, 0.25) is 0 Å². The molecular formula is C14H16N4O. The summed E-state index contributed by atoms with van der Waals surface area (Å²) >= 11 is 0. The Kier molecular flexibility index (Phi) is 4.07. The molecule has 2 rings (SSSR count). The predicted octanol–water partition coefficient (Wildman–Crippen LogP) is 1.25. The molecule has 0 aromatic carbocycles. The van der Waals surface area contributed by atoms with Gasteiger partial charge in [-0.05, 0) is 30.2 Å². The van der Waals surface area contributed by atoms with Crippen molar-refractivity contribution in [2.24, 2.45) is 5.73 Å². The Morgan fingerprint density at radius 2 is 1.89 bits per heavy atom. The first-order valence-electron chi connectivity index (χ1n) is 6.02. The number of hydrogen-bond acceptors (Lipinski definition) is 4. The van der Waals surface area contributed by atoms with Crippen LogP contribution in [-0.4, -0.2) is 29.5 Å². The first-order chi connectivity index (χ1) is 9.18. The Labute approximate surface area is 112 Å². The van der Waals surface area contributed by atoms with Crippen molar-refractivity contribution in [2.75, 3.05) is 18.5 Å². The van der Waals surface area contributed by atoms with E-state index in [2.05, 4.69) is 9.97 Å². The van der Waals surface area contributed by atoms with Gasteiger partial charge < -0.3 is 10.6 Å². The molecule has 0 atom stereocenters. The topological polar surface area (TPSA) is 72.1 Å². The number of carbonyl (C=O) groups is 1. The Balaban J connectivity index is 2.08. The molecule has 0 aliphatic carbocycles. The number of primary amides is 1. The van der Waals surface area contributed by atoms with Gasteiger partial charge in [0.2, 0.25) is 0 Å². The molecule has 5 heteroatoms. The zero-order chi connectivity index (χ0) is 13.7. The van der Waals surface area contributed by atoms with Crippen molar-refractivity contribution >= 4 is 11.6 Å². The normalized spacial score (nSPS) is 10.2. The predicted molar refractivity (Wildman–Crippen MR) is 74.0 cm³/mol. The van der Waals surface area contributed by atoms with Gasteiger partial charge >= 0.3 is 0 Å². The fourth-order valence-electron chi connectivity index (χ4n) is 1.88. The number of nitrogens with zero attached hydrogens (tertiary/aromatic N) is 3. The van der Waals surface area contributed by atoms with Gasteiger partial charge in [0.25, 0.3) is 5.91 Å². The smallest absolute Gasteiger partial charge is 0.252 e. The minimum absolute atomic E-state index is 0.444. The highest BCUT2D eigenvalue weighted by molar-refractivity contribution is 5.98. The molecule has 19 heavy (non-hydrogen) atoms. The van der Waals surface area contributed by atoms with Crippen LogP contribution in [-0.2, 0) is 6.42 Å². The van der Waals surface area contributed by atoms with Crippen LogP contribution in [0.1, 0.15) is 15.9 Å². The van der Waals surface area contributed by atoms with Crippen molar-refractivity contribution in [3.05, 3.63) is 54.1 Å². The van der Waals surface area contributed by atoms with Crippen molar-refractivity contribution in [1.82, 2.24) is 9.97 Å². The van der Waals surface area contributed by atoms with Gasteiger partial charge in [-0.1, -0.05) is 0 Å². The number of likely N-dealkylation sites (N-methyl/N-ethyl adjacent to an activating group) is 1. The van der Waals surface area contributed by atoms with Gasteiger partial charge in [-0.25, -0.2) is 0 Å². The third-order valence-corrected chi connectivity index (χ3v) is 2.96. The van der Waals surface area contributed by atoms with Crippen LogP contribution in [0.25, 0.3) is 0 Å². The zero-order valence-corrected chi connectivity index (χ0v) is 10.8. The molecule has 0 radical (unpaired) electrons. The Morgan fingerprint density at radius 3 is 2.58 bits per heavy atom. The lowest BCUT2D eigenvalue weighted by Crippen LogP contribution is -2.24. The molecule has 98 valence electrons. The van der Waals surface area contributed by atoms with Crippen molar-refractivity contribution in [1.29, 1.82) is 0 Å². The average molecular weight is 256 g/mol. The Hall–Kier alpha value is -2.43. The molecule has 2 aromatic rings. The maximum atomic E-state index is 11.3. The molecule has 2 aromatic heterocycles. The maximum absolute atomic E-state index is 11.3. The lowest BCUT2D eigenvalue weighted by atomic mass is 10.1. The van der Waals surface area contributed by atoms with E-state index in [0.717, 1.165) is 18.7 Å². The molecule has 1 amide bonds. The van der Waals surface area contributed by atoms with Crippen LogP contribution in [0.15, 0.2) is 43.0 Å². The van der Waals surface area contributed by atoms with Gasteiger partial charge in [-0.3, -0.25) is 14.8 Å². The van der Waals surface area contributed by atoms with E-state index in [1.54, 1.807) is 24.7 Å². The summed E-state index contributed by atoms with van der Waals surface area (Å²) in [6, 6.07) is 5.76. The number of pyridine rings is 2. The summed E-state index contributed by atoms with van der Waals surface area (Å²) in [6.45, 7) is 0.786. The second-order valence-corrected chi connectivity index (χ2v) is 4.28. The first kappa shape index (κ1) is 13.0. The first-order valence-corrected chi connectivity index (χ1v) is 6.02. The minimum Gasteiger partial charge on any atom is -0.374 e. The summed E-state index contributed by atoms with van der Waals surface area (Å²) in [5.74, 6) is -0.459. The van der Waals surface area contributed by atoms with Crippen LogP contribution >= 0.6 is 0 Å². The van der Waals surface area contributed by atoms with E-state index < -0.39 is 5.91 Å². The number of aromatic nitrogens is 2. The van der Waals surface area contributed by atoms with Gasteiger partial charge in [0.1, 0.15) is 0 Å². The van der Waals surface area contributed by atoms with E-state index >= 15 is 0 Å². The number of nitrogens with two attached hydrogens (primary N) is 1. The molecule has 2 N–H and O–H groups in total. The van der Waals surface area contributed by atoms with Crippen LogP contribution < -0.4 is 10.6 Å². The van der Waals surface area contributed by atoms with Gasteiger partial charge in [0.15, 0.2) is 0 Å². The molecule has 2 heterocycles. The number of anilines is 1. The van der Waals surface area contributed by atoms with E-state index in [0.29, 0.717) is 5.56 Å². The molecule has 0 saturated carbocycles. The highest BCUT2D eigenvalue weighted by atomic mass is 16.1. The van der Waals surface area contributed by atoms with E-state index in [1.807, 2.05) is 24.1 Å². The SMILES string of the molecule is CN(CCc1ccncc1)c1ccncc1C(N)=O. The summed E-state index contributed by atoms with van der Waals surface area (Å²) in [5, 5.41) is 0. The summed E-state index contributed by atoms with van der Waals surface area (Å²) in [6.07, 6.45) is 7.58. The third-order valence-electron chi connectivity index (χ3n) is 2.96. The van der Waals surface area contributed by atoms with E-state index in [1.165, 1.54) is 11.8 Å². The van der Waals surface area contributed by atoms with E-state index in [4.69, 9.17) is 5.73 Å². The zero-order valence-electron chi connectivity index (χ0n) is 10.8. The fourth-order valence-corrected chi connectivity index (χ4v) is 1.88. The molecule has 5 nitrogen and oxygen atoms in total. The second kappa shape index (κ2) is 5.95. The van der Waals surface area contributed by atoms with Crippen molar-refractivity contribution in [3.8, 4) is 0 Å². The molecular weight excluding hydrogens is 240 g/mol. The average Bonchev–Trinajstić information content (AvgIpc) is 2.46. The van der Waals surface area contributed by atoms with E-state index in [-0.39, 0.29) is 0 Å². The summed E-state index contributed by atoms with van der Waals surface area (Å²) < 4.78 is 0. The Bertz CT molecular complexity index is 556. The third kappa shape index (κ3) is 3.28. The maximum Gasteiger partial charge on any atom is 0.252 e. The molecule has 0 bridgehead atoms. The summed E-state index contributed by atoms with van der Waals surface area (Å²) in [5.41, 5.74) is 7.80. The lowest BCUT2D eigenvalue weighted by Gasteiger charge is -2.21. The highest BCUT2D eigenvalue weighted by Crippen LogP contribution is 2.17. The monoisotopic (exact) mass is 256 g/mol. The lowest BCUT2D eigenvalue weighted by molar-refractivity contribution is 0.100. The van der Waals surface area contributed by atoms with Gasteiger partial charge in [0, 0.05) is 38.4 Å². The van der Waals surface area contributed by atoms with Gasteiger partial charge in [-0.15, -0.1) is 0 Å². The van der Waals surface area contributed by atoms with Crippen LogP contribution in [0.5, 0.6) is 0 Å². The van der Waals surface area contributed by atoms with Crippen LogP contribution in [0.3, 0.4) is 0 Å². The van der Waals surface area contributed by atoms with Gasteiger partial charge in [-0.2, -0.15) is 0 Å². The molecule has 0 aliphatic heterocycles. The number of carbonyl (C=O) groups excluding carboxylic acids is 1. The molecule has 0 fully saturated rings. The van der Waals surface area contributed by atoms with Crippen LogP contribution in [0.4, 0.5) is 5.69 Å². The van der Waals surface area contributed by atoms with Crippen molar-refractivity contribution in [2.45, 2.75) is 6.42 Å². The van der Waals surface area contributed by atoms with Gasteiger partial charge in [0.05, 0.1) is 11.3 Å². The quantitative estimate of drug-likeness (QED) is 0.874. The number of amides is 1. The van der Waals surface area contributed by atoms with Crippen LogP contribution in [0, 0.1) is 0 Å². The molecule has 0 unspecified atom stereocenters. The second-order valence-electron chi connectivity index (χ2n) is 4.28.